The second-order valence-corrected chi connectivity index (χ2v) is 4.71. The standard InChI is InChI=1S/C13H21N3O2/c1-9(2)5-4-6-18-12-8-11(13(14)16-17)7-10(3)15-12/h7-9,17H,4-6H2,1-3H3,(H2,14,16). The Kier molecular flexibility index (Phi) is 5.42. The summed E-state index contributed by atoms with van der Waals surface area (Å²) in [6.45, 7) is 6.84. The van der Waals surface area contributed by atoms with E-state index >= 15 is 0 Å². The Morgan fingerprint density at radius 2 is 2.22 bits per heavy atom. The maximum Gasteiger partial charge on any atom is 0.214 e. The van der Waals surface area contributed by atoms with E-state index in [0.717, 1.165) is 18.5 Å². The number of nitrogens with zero attached hydrogens (tertiary/aromatic N) is 2. The van der Waals surface area contributed by atoms with Gasteiger partial charge < -0.3 is 15.7 Å². The lowest BCUT2D eigenvalue weighted by Gasteiger charge is -2.09. The number of nitrogens with two attached hydrogens (primary N) is 1. The summed E-state index contributed by atoms with van der Waals surface area (Å²) in [4.78, 5) is 4.25. The number of hydrogen-bond donors (Lipinski definition) is 2. The summed E-state index contributed by atoms with van der Waals surface area (Å²) in [5.74, 6) is 1.25. The predicted octanol–water partition coefficient (Wildman–Crippen LogP) is 2.30. The van der Waals surface area contributed by atoms with Crippen molar-refractivity contribution in [3.63, 3.8) is 0 Å². The third-order valence-corrected chi connectivity index (χ3v) is 2.51. The van der Waals surface area contributed by atoms with Crippen LogP contribution >= 0.6 is 0 Å². The normalized spacial score (nSPS) is 11.9. The van der Waals surface area contributed by atoms with E-state index in [1.165, 1.54) is 0 Å². The lowest BCUT2D eigenvalue weighted by molar-refractivity contribution is 0.286. The summed E-state index contributed by atoms with van der Waals surface area (Å²) >= 11 is 0. The molecule has 0 saturated carbocycles. The van der Waals surface area contributed by atoms with Gasteiger partial charge >= 0.3 is 0 Å². The molecule has 0 unspecified atom stereocenters. The molecule has 0 aromatic carbocycles. The molecule has 5 heteroatoms. The number of ether oxygens (including phenoxy) is 1. The van der Waals surface area contributed by atoms with Crippen LogP contribution in [0.1, 0.15) is 37.9 Å². The highest BCUT2D eigenvalue weighted by Crippen LogP contribution is 2.13. The van der Waals surface area contributed by atoms with Crippen LogP contribution in [0.5, 0.6) is 5.88 Å². The molecule has 1 aromatic rings. The van der Waals surface area contributed by atoms with Crippen LogP contribution in [0.3, 0.4) is 0 Å². The Morgan fingerprint density at radius 1 is 1.50 bits per heavy atom. The molecule has 1 aromatic heterocycles. The average Bonchev–Trinajstić information content (AvgIpc) is 2.32. The minimum Gasteiger partial charge on any atom is -0.478 e. The number of hydrogen-bond acceptors (Lipinski definition) is 4. The highest BCUT2D eigenvalue weighted by molar-refractivity contribution is 5.97. The van der Waals surface area contributed by atoms with Crippen LogP contribution in [-0.4, -0.2) is 22.6 Å². The van der Waals surface area contributed by atoms with Crippen molar-refractivity contribution in [3.8, 4) is 5.88 Å². The molecule has 18 heavy (non-hydrogen) atoms. The Balaban J connectivity index is 2.63. The molecule has 1 rings (SSSR count). The van der Waals surface area contributed by atoms with Gasteiger partial charge in [0.2, 0.25) is 5.88 Å². The van der Waals surface area contributed by atoms with E-state index in [1.54, 1.807) is 12.1 Å². The van der Waals surface area contributed by atoms with Crippen LogP contribution < -0.4 is 10.5 Å². The molecule has 0 bridgehead atoms. The number of amidine groups is 1. The van der Waals surface area contributed by atoms with Crippen LogP contribution in [0.2, 0.25) is 0 Å². The summed E-state index contributed by atoms with van der Waals surface area (Å²) in [5.41, 5.74) is 6.93. The van der Waals surface area contributed by atoms with E-state index in [0.29, 0.717) is 24.0 Å². The van der Waals surface area contributed by atoms with Crippen molar-refractivity contribution in [2.75, 3.05) is 6.61 Å². The van der Waals surface area contributed by atoms with Gasteiger partial charge in [-0.3, -0.25) is 0 Å². The van der Waals surface area contributed by atoms with E-state index in [2.05, 4.69) is 24.0 Å². The smallest absolute Gasteiger partial charge is 0.214 e. The zero-order valence-electron chi connectivity index (χ0n) is 11.2. The van der Waals surface area contributed by atoms with Gasteiger partial charge in [-0.15, -0.1) is 0 Å². The molecule has 0 fully saturated rings. The summed E-state index contributed by atoms with van der Waals surface area (Å²) in [5, 5.41) is 11.6. The molecule has 0 amide bonds. The molecule has 100 valence electrons. The Bertz CT molecular complexity index is 417. The van der Waals surface area contributed by atoms with Crippen molar-refractivity contribution >= 4 is 5.84 Å². The SMILES string of the molecule is Cc1cc(/C(N)=N/O)cc(OCCCC(C)C)n1. The van der Waals surface area contributed by atoms with E-state index in [9.17, 15) is 0 Å². The highest BCUT2D eigenvalue weighted by atomic mass is 16.5. The molecule has 0 saturated heterocycles. The number of oxime groups is 1. The first kappa shape index (κ1) is 14.3. The van der Waals surface area contributed by atoms with Crippen LogP contribution in [0.25, 0.3) is 0 Å². The number of aryl methyl sites for hydroxylation is 1. The van der Waals surface area contributed by atoms with E-state index in [4.69, 9.17) is 15.7 Å². The fraction of sp³-hybridized carbons (Fsp3) is 0.538. The third-order valence-electron chi connectivity index (χ3n) is 2.51. The maximum atomic E-state index is 8.65. The second-order valence-electron chi connectivity index (χ2n) is 4.71. The van der Waals surface area contributed by atoms with Gasteiger partial charge in [0, 0.05) is 17.3 Å². The van der Waals surface area contributed by atoms with Gasteiger partial charge in [-0.25, -0.2) is 4.98 Å². The lowest BCUT2D eigenvalue weighted by Crippen LogP contribution is -2.14. The molecule has 0 aliphatic rings. The highest BCUT2D eigenvalue weighted by Gasteiger charge is 2.05. The summed E-state index contributed by atoms with van der Waals surface area (Å²) in [6, 6.07) is 3.42. The molecule has 5 nitrogen and oxygen atoms in total. The van der Waals surface area contributed by atoms with Gasteiger partial charge in [-0.2, -0.15) is 0 Å². The monoisotopic (exact) mass is 251 g/mol. The molecular weight excluding hydrogens is 230 g/mol. The fourth-order valence-corrected chi connectivity index (χ4v) is 1.59. The predicted molar refractivity (Wildman–Crippen MR) is 71.1 cm³/mol. The van der Waals surface area contributed by atoms with Crippen LogP contribution in [0.15, 0.2) is 17.3 Å². The molecule has 1 heterocycles. The van der Waals surface area contributed by atoms with Gasteiger partial charge in [-0.1, -0.05) is 19.0 Å². The lowest BCUT2D eigenvalue weighted by atomic mass is 10.1. The van der Waals surface area contributed by atoms with Crippen molar-refractivity contribution in [2.45, 2.75) is 33.6 Å². The maximum absolute atomic E-state index is 8.65. The molecule has 0 atom stereocenters. The van der Waals surface area contributed by atoms with Crippen molar-refractivity contribution in [3.05, 3.63) is 23.4 Å². The van der Waals surface area contributed by atoms with Gasteiger partial charge in [0.25, 0.3) is 0 Å². The van der Waals surface area contributed by atoms with Crippen LogP contribution in [-0.2, 0) is 0 Å². The topological polar surface area (TPSA) is 80.7 Å². The Hall–Kier alpha value is -1.78. The molecule has 0 aliphatic carbocycles. The zero-order valence-corrected chi connectivity index (χ0v) is 11.2. The third kappa shape index (κ3) is 4.61. The van der Waals surface area contributed by atoms with E-state index < -0.39 is 0 Å². The van der Waals surface area contributed by atoms with Crippen molar-refractivity contribution in [1.29, 1.82) is 0 Å². The Labute approximate surface area is 108 Å². The number of aromatic nitrogens is 1. The van der Waals surface area contributed by atoms with Gasteiger partial charge in [-0.05, 0) is 31.7 Å². The Morgan fingerprint density at radius 3 is 2.83 bits per heavy atom. The van der Waals surface area contributed by atoms with Gasteiger partial charge in [0.05, 0.1) is 6.61 Å². The summed E-state index contributed by atoms with van der Waals surface area (Å²) < 4.78 is 5.57. The van der Waals surface area contributed by atoms with Crippen molar-refractivity contribution in [2.24, 2.45) is 16.8 Å². The quantitative estimate of drug-likeness (QED) is 0.267. The van der Waals surface area contributed by atoms with Gasteiger partial charge in [0.1, 0.15) is 0 Å². The van der Waals surface area contributed by atoms with Crippen molar-refractivity contribution < 1.29 is 9.94 Å². The number of rotatable bonds is 6. The van der Waals surface area contributed by atoms with Crippen LogP contribution in [0.4, 0.5) is 0 Å². The zero-order chi connectivity index (χ0) is 13.5. The summed E-state index contributed by atoms with van der Waals surface area (Å²) in [6.07, 6.45) is 2.12. The van der Waals surface area contributed by atoms with E-state index in [-0.39, 0.29) is 5.84 Å². The number of pyridine rings is 1. The first-order valence-electron chi connectivity index (χ1n) is 6.12. The molecule has 0 aliphatic heterocycles. The molecule has 3 N–H and O–H groups in total. The van der Waals surface area contributed by atoms with Crippen LogP contribution in [0, 0.1) is 12.8 Å². The molecular formula is C13H21N3O2. The molecule has 0 radical (unpaired) electrons. The van der Waals surface area contributed by atoms with Gasteiger partial charge in [0.15, 0.2) is 5.84 Å². The average molecular weight is 251 g/mol. The van der Waals surface area contributed by atoms with E-state index in [1.807, 2.05) is 6.92 Å². The minimum atomic E-state index is 0.0625. The largest absolute Gasteiger partial charge is 0.478 e. The second kappa shape index (κ2) is 6.83. The fourth-order valence-electron chi connectivity index (χ4n) is 1.59. The first-order valence-corrected chi connectivity index (χ1v) is 6.12. The minimum absolute atomic E-state index is 0.0625. The van der Waals surface area contributed by atoms with Crippen molar-refractivity contribution in [1.82, 2.24) is 4.98 Å². The summed E-state index contributed by atoms with van der Waals surface area (Å²) in [7, 11) is 0. The molecule has 0 spiro atoms. The first-order chi connectivity index (χ1) is 8.52.